The van der Waals surface area contributed by atoms with Crippen molar-refractivity contribution < 1.29 is 4.21 Å². The van der Waals surface area contributed by atoms with Crippen LogP contribution in [0.5, 0.6) is 0 Å². The van der Waals surface area contributed by atoms with Gasteiger partial charge in [-0.25, -0.2) is 0 Å². The van der Waals surface area contributed by atoms with Crippen LogP contribution in [0, 0.1) is 0 Å². The minimum atomic E-state index is -1.12. The van der Waals surface area contributed by atoms with E-state index in [2.05, 4.69) is 15.2 Å². The number of anilines is 1. The van der Waals surface area contributed by atoms with Crippen LogP contribution in [0.1, 0.15) is 13.8 Å². The Morgan fingerprint density at radius 3 is 2.64 bits per heavy atom. The Hall–Kier alpha value is -0.910. The highest BCUT2D eigenvalue weighted by Crippen LogP contribution is 2.05. The van der Waals surface area contributed by atoms with Gasteiger partial charge in [0.15, 0.2) is 0 Å². The lowest BCUT2D eigenvalue weighted by Gasteiger charge is -1.98. The summed E-state index contributed by atoms with van der Waals surface area (Å²) in [5, 5.41) is 6.44. The monoisotopic (exact) mass is 174 g/mol. The molecule has 0 saturated carbocycles. The molecule has 0 amide bonds. The van der Waals surface area contributed by atoms with E-state index in [0.29, 0.717) is 5.16 Å². The number of hydrogen-bond donors (Lipinski definition) is 2. The third-order valence-electron chi connectivity index (χ3n) is 1.10. The van der Waals surface area contributed by atoms with Gasteiger partial charge in [-0.3, -0.25) is 9.31 Å². The molecule has 0 fully saturated rings. The van der Waals surface area contributed by atoms with E-state index in [9.17, 15) is 4.21 Å². The molecule has 62 valence electrons. The highest BCUT2D eigenvalue weighted by atomic mass is 32.2. The molecule has 0 radical (unpaired) electrons. The van der Waals surface area contributed by atoms with Crippen molar-refractivity contribution >= 4 is 16.7 Å². The number of rotatable bonds is 2. The van der Waals surface area contributed by atoms with Crippen LogP contribution < -0.4 is 5.73 Å². The minimum absolute atomic E-state index is 0.0300. The van der Waals surface area contributed by atoms with Crippen molar-refractivity contribution in [1.29, 1.82) is 0 Å². The van der Waals surface area contributed by atoms with Crippen molar-refractivity contribution in [3.05, 3.63) is 0 Å². The van der Waals surface area contributed by atoms with Gasteiger partial charge in [0.05, 0.1) is 10.8 Å². The number of nitrogens with two attached hydrogens (primary N) is 1. The van der Waals surface area contributed by atoms with Crippen molar-refractivity contribution in [1.82, 2.24) is 15.2 Å². The third kappa shape index (κ3) is 1.76. The fourth-order valence-corrected chi connectivity index (χ4v) is 1.34. The van der Waals surface area contributed by atoms with Gasteiger partial charge in [0, 0.05) is 5.25 Å². The number of H-pyrrole nitrogens is 1. The van der Waals surface area contributed by atoms with Crippen molar-refractivity contribution in [2.45, 2.75) is 24.3 Å². The predicted molar refractivity (Wildman–Crippen MR) is 42.3 cm³/mol. The first kappa shape index (κ1) is 8.19. The molecule has 1 aromatic rings. The van der Waals surface area contributed by atoms with Gasteiger partial charge >= 0.3 is 0 Å². The number of nitrogen functional groups attached to an aromatic ring is 1. The molecular weight excluding hydrogens is 164 g/mol. The summed E-state index contributed by atoms with van der Waals surface area (Å²) in [5.74, 6) is 0.133. The minimum Gasteiger partial charge on any atom is -0.366 e. The summed E-state index contributed by atoms with van der Waals surface area (Å²) >= 11 is 0. The van der Waals surface area contributed by atoms with E-state index in [1.807, 2.05) is 13.8 Å². The Kier molecular flexibility index (Phi) is 2.23. The van der Waals surface area contributed by atoms with Crippen LogP contribution in [0.4, 0.5) is 5.95 Å². The molecule has 0 spiro atoms. The van der Waals surface area contributed by atoms with Crippen LogP contribution in [0.3, 0.4) is 0 Å². The molecule has 0 aliphatic carbocycles. The molecule has 0 aromatic carbocycles. The van der Waals surface area contributed by atoms with E-state index in [1.54, 1.807) is 0 Å². The van der Waals surface area contributed by atoms with Crippen LogP contribution in [0.15, 0.2) is 5.16 Å². The molecular formula is C5H10N4OS. The van der Waals surface area contributed by atoms with Crippen molar-refractivity contribution in [2.24, 2.45) is 0 Å². The van der Waals surface area contributed by atoms with Gasteiger partial charge in [-0.05, 0) is 0 Å². The maximum atomic E-state index is 11.3. The standard InChI is InChI=1S/C5H10N4OS/c1-3(2)11(10)5-7-4(6)8-9-5/h3H,1-2H3,(H3,6,7,8,9)/t11-/m0/s1. The molecule has 1 atom stereocenters. The summed E-state index contributed by atoms with van der Waals surface area (Å²) < 4.78 is 11.3. The van der Waals surface area contributed by atoms with Gasteiger partial charge in [0.2, 0.25) is 11.1 Å². The second-order valence-electron chi connectivity index (χ2n) is 2.34. The topological polar surface area (TPSA) is 84.7 Å². The summed E-state index contributed by atoms with van der Waals surface area (Å²) in [7, 11) is -1.12. The van der Waals surface area contributed by atoms with Crippen molar-refractivity contribution in [2.75, 3.05) is 5.73 Å². The van der Waals surface area contributed by atoms with Crippen LogP contribution in [-0.2, 0) is 10.8 Å². The Bertz CT molecular complexity index is 269. The second kappa shape index (κ2) is 3.00. The molecule has 1 aromatic heterocycles. The zero-order valence-electron chi connectivity index (χ0n) is 6.37. The van der Waals surface area contributed by atoms with Crippen LogP contribution in [0.25, 0.3) is 0 Å². The lowest BCUT2D eigenvalue weighted by molar-refractivity contribution is 0.669. The van der Waals surface area contributed by atoms with Gasteiger partial charge in [-0.15, -0.1) is 5.10 Å². The molecule has 1 heterocycles. The first-order chi connectivity index (χ1) is 5.11. The first-order valence-corrected chi connectivity index (χ1v) is 4.41. The predicted octanol–water partition coefficient (Wildman–Crippen LogP) is -0.0971. The zero-order chi connectivity index (χ0) is 8.43. The average Bonchev–Trinajstić information content (AvgIpc) is 2.34. The summed E-state index contributed by atoms with van der Waals surface area (Å²) in [6, 6.07) is 0. The van der Waals surface area contributed by atoms with Gasteiger partial charge in [0.1, 0.15) is 0 Å². The van der Waals surface area contributed by atoms with Crippen LogP contribution in [-0.4, -0.2) is 24.6 Å². The number of aromatic amines is 1. The number of nitrogens with zero attached hydrogens (tertiary/aromatic N) is 2. The quantitative estimate of drug-likeness (QED) is 0.655. The normalized spacial score (nSPS) is 13.7. The Morgan fingerprint density at radius 1 is 1.64 bits per heavy atom. The molecule has 6 heteroatoms. The molecule has 0 unspecified atom stereocenters. The lowest BCUT2D eigenvalue weighted by Crippen LogP contribution is -2.07. The molecule has 0 bridgehead atoms. The molecule has 0 aliphatic heterocycles. The van der Waals surface area contributed by atoms with E-state index in [0.717, 1.165) is 0 Å². The van der Waals surface area contributed by atoms with E-state index < -0.39 is 10.8 Å². The van der Waals surface area contributed by atoms with Gasteiger partial charge in [-0.1, -0.05) is 13.8 Å². The summed E-state index contributed by atoms with van der Waals surface area (Å²) in [6.07, 6.45) is 0. The van der Waals surface area contributed by atoms with Crippen LogP contribution in [0.2, 0.25) is 0 Å². The van der Waals surface area contributed by atoms with Gasteiger partial charge < -0.3 is 5.73 Å². The smallest absolute Gasteiger partial charge is 0.240 e. The maximum Gasteiger partial charge on any atom is 0.240 e. The lowest BCUT2D eigenvalue weighted by atomic mass is 10.6. The first-order valence-electron chi connectivity index (χ1n) is 3.19. The van der Waals surface area contributed by atoms with E-state index in [1.165, 1.54) is 0 Å². The highest BCUT2D eigenvalue weighted by Gasteiger charge is 2.11. The molecule has 11 heavy (non-hydrogen) atoms. The molecule has 3 N–H and O–H groups in total. The fourth-order valence-electron chi connectivity index (χ4n) is 0.572. The highest BCUT2D eigenvalue weighted by molar-refractivity contribution is 7.85. The third-order valence-corrected chi connectivity index (χ3v) is 2.52. The van der Waals surface area contributed by atoms with Crippen molar-refractivity contribution in [3.63, 3.8) is 0 Å². The number of nitrogens with one attached hydrogen (secondary N) is 1. The molecule has 0 aliphatic rings. The van der Waals surface area contributed by atoms with Crippen LogP contribution >= 0.6 is 0 Å². The van der Waals surface area contributed by atoms with E-state index >= 15 is 0 Å². The fraction of sp³-hybridized carbons (Fsp3) is 0.600. The average molecular weight is 174 g/mol. The summed E-state index contributed by atoms with van der Waals surface area (Å²) in [4.78, 5) is 3.74. The Labute approximate surface area is 66.9 Å². The zero-order valence-corrected chi connectivity index (χ0v) is 7.18. The van der Waals surface area contributed by atoms with Gasteiger partial charge in [0.25, 0.3) is 0 Å². The largest absolute Gasteiger partial charge is 0.366 e. The maximum absolute atomic E-state index is 11.3. The molecule has 1 rings (SSSR count). The summed E-state index contributed by atoms with van der Waals surface area (Å²) in [5.41, 5.74) is 5.23. The number of hydrogen-bond acceptors (Lipinski definition) is 4. The molecule has 0 saturated heterocycles. The summed E-state index contributed by atoms with van der Waals surface area (Å²) in [6.45, 7) is 3.68. The van der Waals surface area contributed by atoms with Crippen molar-refractivity contribution in [3.8, 4) is 0 Å². The Morgan fingerprint density at radius 2 is 2.27 bits per heavy atom. The molecule has 5 nitrogen and oxygen atoms in total. The SMILES string of the molecule is CC(C)[S@](=O)c1nc(N)n[nH]1. The Balaban J connectivity index is 2.85. The van der Waals surface area contributed by atoms with Gasteiger partial charge in [-0.2, -0.15) is 4.98 Å². The number of aromatic nitrogens is 3. The van der Waals surface area contributed by atoms with E-state index in [-0.39, 0.29) is 11.2 Å². The van der Waals surface area contributed by atoms with E-state index in [4.69, 9.17) is 5.73 Å². The second-order valence-corrected chi connectivity index (χ2v) is 4.27.